The van der Waals surface area contributed by atoms with Gasteiger partial charge in [0.2, 0.25) is 12.2 Å². The highest BCUT2D eigenvalue weighted by Gasteiger charge is 2.10. The summed E-state index contributed by atoms with van der Waals surface area (Å²) in [5.41, 5.74) is 10.1. The maximum atomic E-state index is 10.8. The van der Waals surface area contributed by atoms with Gasteiger partial charge in [0.1, 0.15) is 0 Å². The molecule has 0 bridgehead atoms. The van der Waals surface area contributed by atoms with Gasteiger partial charge in [0.15, 0.2) is 5.96 Å². The van der Waals surface area contributed by atoms with Crippen LogP contribution in [0.2, 0.25) is 0 Å². The highest BCUT2D eigenvalue weighted by atomic mass is 16.2. The van der Waals surface area contributed by atoms with E-state index < -0.39 is 6.04 Å². The number of rotatable bonds is 7. The maximum Gasteiger partial charge on any atom is 0.234 e. The molecule has 1 radical (unpaired) electrons. The summed E-state index contributed by atoms with van der Waals surface area (Å²) in [5.74, 6) is -0.504. The Hall–Kier alpha value is -1.63. The number of nitrogens with two attached hydrogens (primary N) is 2. The van der Waals surface area contributed by atoms with Crippen molar-refractivity contribution in [1.29, 1.82) is 5.41 Å². The van der Waals surface area contributed by atoms with E-state index in [0.29, 0.717) is 19.4 Å². The Morgan fingerprint density at radius 2 is 2.20 bits per heavy atom. The lowest BCUT2D eigenvalue weighted by Gasteiger charge is -2.11. The molecule has 85 valence electrons. The van der Waals surface area contributed by atoms with Crippen molar-refractivity contribution in [3.8, 4) is 0 Å². The quantitative estimate of drug-likeness (QED) is 0.186. The molecule has 0 fully saturated rings. The van der Waals surface area contributed by atoms with Crippen LogP contribution in [0.5, 0.6) is 0 Å². The minimum Gasteiger partial charge on any atom is -0.370 e. The zero-order chi connectivity index (χ0) is 11.7. The van der Waals surface area contributed by atoms with Gasteiger partial charge in [0.05, 0.1) is 12.6 Å². The van der Waals surface area contributed by atoms with Crippen molar-refractivity contribution >= 4 is 18.2 Å². The molecule has 7 nitrogen and oxygen atoms in total. The van der Waals surface area contributed by atoms with Gasteiger partial charge in [-0.1, -0.05) is 0 Å². The molecule has 0 rings (SSSR count). The van der Waals surface area contributed by atoms with Gasteiger partial charge in [0, 0.05) is 6.54 Å². The fourth-order valence-corrected chi connectivity index (χ4v) is 0.943. The molecule has 7 N–H and O–H groups in total. The number of hydrogen-bond donors (Lipinski definition) is 5. The van der Waals surface area contributed by atoms with Crippen LogP contribution in [-0.4, -0.2) is 37.3 Å². The van der Waals surface area contributed by atoms with Crippen LogP contribution in [-0.2, 0) is 9.59 Å². The van der Waals surface area contributed by atoms with Crippen molar-refractivity contribution in [1.82, 2.24) is 10.6 Å². The summed E-state index contributed by atoms with van der Waals surface area (Å²) in [6.07, 6.45) is 2.75. The van der Waals surface area contributed by atoms with Crippen molar-refractivity contribution in [2.45, 2.75) is 18.9 Å². The largest absolute Gasteiger partial charge is 0.370 e. The normalized spacial score (nSPS) is 11.5. The van der Waals surface area contributed by atoms with Crippen molar-refractivity contribution in [2.24, 2.45) is 11.5 Å². The molecule has 0 aliphatic rings. The molecule has 0 spiro atoms. The summed E-state index contributed by atoms with van der Waals surface area (Å²) in [7, 11) is 0. The highest BCUT2D eigenvalue weighted by molar-refractivity contribution is 5.81. The number of carbonyl (C=O) groups is 1. The molecule has 0 heterocycles. The number of carbonyl (C=O) groups excluding carboxylic acids is 2. The molecule has 0 aromatic heterocycles. The predicted octanol–water partition coefficient (Wildman–Crippen LogP) is -2.20. The molecule has 0 aromatic carbocycles. The maximum absolute atomic E-state index is 10.8. The second kappa shape index (κ2) is 7.74. The van der Waals surface area contributed by atoms with Crippen molar-refractivity contribution < 1.29 is 9.59 Å². The molecular weight excluding hydrogens is 198 g/mol. The SMILES string of the molecule is N=C(N)NCCCC([C]=O)NC(=O)CN. The zero-order valence-electron chi connectivity index (χ0n) is 8.38. The Labute approximate surface area is 88.1 Å². The van der Waals surface area contributed by atoms with Gasteiger partial charge in [-0.25, -0.2) is 0 Å². The summed E-state index contributed by atoms with van der Waals surface area (Å²) in [5, 5.41) is 11.9. The third kappa shape index (κ3) is 7.44. The Bertz CT molecular complexity index is 231. The van der Waals surface area contributed by atoms with E-state index in [1.807, 2.05) is 0 Å². The molecular formula is C8H16N5O2. The molecule has 0 aliphatic carbocycles. The van der Waals surface area contributed by atoms with E-state index in [1.165, 1.54) is 0 Å². The van der Waals surface area contributed by atoms with Crippen molar-refractivity contribution in [3.63, 3.8) is 0 Å². The minimum absolute atomic E-state index is 0.118. The molecule has 0 aromatic rings. The lowest BCUT2D eigenvalue weighted by molar-refractivity contribution is -0.120. The Balaban J connectivity index is 3.66. The van der Waals surface area contributed by atoms with Gasteiger partial charge >= 0.3 is 0 Å². The van der Waals surface area contributed by atoms with E-state index in [9.17, 15) is 9.59 Å². The molecule has 1 amide bonds. The van der Waals surface area contributed by atoms with E-state index in [2.05, 4.69) is 10.6 Å². The second-order valence-corrected chi connectivity index (χ2v) is 2.92. The van der Waals surface area contributed by atoms with Crippen LogP contribution in [0.1, 0.15) is 12.8 Å². The lowest BCUT2D eigenvalue weighted by atomic mass is 10.2. The van der Waals surface area contributed by atoms with E-state index in [-0.39, 0.29) is 18.4 Å². The van der Waals surface area contributed by atoms with E-state index in [1.54, 1.807) is 6.29 Å². The molecule has 1 atom stereocenters. The summed E-state index contributed by atoms with van der Waals surface area (Å²) in [6.45, 7) is 0.329. The lowest BCUT2D eigenvalue weighted by Crippen LogP contribution is -2.40. The van der Waals surface area contributed by atoms with E-state index in [0.717, 1.165) is 0 Å². The van der Waals surface area contributed by atoms with E-state index >= 15 is 0 Å². The van der Waals surface area contributed by atoms with Crippen LogP contribution in [0, 0.1) is 5.41 Å². The first kappa shape index (κ1) is 13.4. The van der Waals surface area contributed by atoms with Crippen LogP contribution in [0.25, 0.3) is 0 Å². The Morgan fingerprint density at radius 3 is 2.67 bits per heavy atom. The summed E-state index contributed by atoms with van der Waals surface area (Å²) in [6, 6.07) is -0.644. The monoisotopic (exact) mass is 214 g/mol. The standard InChI is InChI=1S/C8H16N5O2/c9-4-7(15)13-6(5-14)2-1-3-12-8(10)11/h6H,1-4,9H2,(H,13,15)(H4,10,11,12). The highest BCUT2D eigenvalue weighted by Crippen LogP contribution is 1.93. The molecule has 0 saturated carbocycles. The summed E-state index contributed by atoms with van der Waals surface area (Å²) < 4.78 is 0. The second-order valence-electron chi connectivity index (χ2n) is 2.92. The predicted molar refractivity (Wildman–Crippen MR) is 55.8 cm³/mol. The fourth-order valence-electron chi connectivity index (χ4n) is 0.943. The van der Waals surface area contributed by atoms with Crippen LogP contribution >= 0.6 is 0 Å². The van der Waals surface area contributed by atoms with Gasteiger partial charge in [-0.15, -0.1) is 0 Å². The zero-order valence-corrected chi connectivity index (χ0v) is 8.38. The molecule has 0 saturated heterocycles. The van der Waals surface area contributed by atoms with Crippen LogP contribution in [0.3, 0.4) is 0 Å². The van der Waals surface area contributed by atoms with Crippen molar-refractivity contribution in [2.75, 3.05) is 13.1 Å². The molecule has 15 heavy (non-hydrogen) atoms. The van der Waals surface area contributed by atoms with Crippen LogP contribution < -0.4 is 22.1 Å². The third-order valence-electron chi connectivity index (χ3n) is 1.65. The van der Waals surface area contributed by atoms with Crippen LogP contribution in [0.15, 0.2) is 0 Å². The first-order valence-electron chi connectivity index (χ1n) is 4.55. The topological polar surface area (TPSA) is 134 Å². The van der Waals surface area contributed by atoms with Gasteiger partial charge in [0.25, 0.3) is 0 Å². The van der Waals surface area contributed by atoms with Gasteiger partial charge in [-0.2, -0.15) is 0 Å². The Kier molecular flexibility index (Phi) is 6.90. The molecule has 0 aliphatic heterocycles. The third-order valence-corrected chi connectivity index (χ3v) is 1.65. The number of amides is 1. The number of hydrogen-bond acceptors (Lipinski definition) is 4. The smallest absolute Gasteiger partial charge is 0.234 e. The summed E-state index contributed by atoms with van der Waals surface area (Å²) in [4.78, 5) is 21.3. The average Bonchev–Trinajstić information content (AvgIpc) is 2.21. The van der Waals surface area contributed by atoms with Crippen LogP contribution in [0.4, 0.5) is 0 Å². The number of guanidine groups is 1. The first-order valence-corrected chi connectivity index (χ1v) is 4.55. The average molecular weight is 214 g/mol. The van der Waals surface area contributed by atoms with Crippen molar-refractivity contribution in [3.05, 3.63) is 0 Å². The van der Waals surface area contributed by atoms with E-state index in [4.69, 9.17) is 16.9 Å². The Morgan fingerprint density at radius 1 is 1.53 bits per heavy atom. The van der Waals surface area contributed by atoms with Gasteiger partial charge in [-0.05, 0) is 12.8 Å². The minimum atomic E-state index is -0.644. The number of nitrogens with one attached hydrogen (secondary N) is 3. The fraction of sp³-hybridized carbons (Fsp3) is 0.625. The summed E-state index contributed by atoms with van der Waals surface area (Å²) >= 11 is 0. The van der Waals surface area contributed by atoms with Gasteiger partial charge < -0.3 is 22.1 Å². The van der Waals surface area contributed by atoms with Gasteiger partial charge in [-0.3, -0.25) is 15.0 Å². The first-order chi connectivity index (χ1) is 7.10. The molecule has 7 heteroatoms. The molecule has 1 unspecified atom stereocenters.